The van der Waals surface area contributed by atoms with Crippen molar-refractivity contribution in [2.24, 2.45) is 5.92 Å². The highest BCUT2D eigenvalue weighted by Gasteiger charge is 2.45. The van der Waals surface area contributed by atoms with Crippen LogP contribution in [0.3, 0.4) is 0 Å². The maximum Gasteiger partial charge on any atom is 0.328 e. The normalized spacial score (nSPS) is 16.2. The zero-order chi connectivity index (χ0) is 26.7. The first-order valence-electron chi connectivity index (χ1n) is 12.7. The minimum absolute atomic E-state index is 0.0863. The van der Waals surface area contributed by atoms with Crippen molar-refractivity contribution < 1.29 is 28.7 Å². The fraction of sp³-hybridized carbons (Fsp3) is 0.630. The molecule has 8 nitrogen and oxygen atoms in total. The van der Waals surface area contributed by atoms with Gasteiger partial charge in [0.25, 0.3) is 0 Å². The number of carbonyl (C=O) groups is 4. The Hall–Kier alpha value is -2.55. The average Bonchev–Trinajstić information content (AvgIpc) is 3.32. The van der Waals surface area contributed by atoms with E-state index >= 15 is 0 Å². The summed E-state index contributed by atoms with van der Waals surface area (Å²) in [4.78, 5) is 51.4. The largest absolute Gasteiger partial charge is 0.497 e. The molecule has 0 saturated heterocycles. The zero-order valence-electron chi connectivity index (χ0n) is 22.1. The number of ether oxygens (including phenoxy) is 2. The van der Waals surface area contributed by atoms with E-state index in [0.717, 1.165) is 43.0 Å². The van der Waals surface area contributed by atoms with Gasteiger partial charge in [-0.2, -0.15) is 0 Å². The molecular weight excluding hydrogens is 480 g/mol. The quantitative estimate of drug-likeness (QED) is 0.301. The molecule has 0 unspecified atom stereocenters. The molecule has 2 rings (SSSR count). The first-order valence-corrected chi connectivity index (χ1v) is 13.6. The number of hydrogen-bond acceptors (Lipinski definition) is 7. The van der Waals surface area contributed by atoms with Gasteiger partial charge in [-0.3, -0.25) is 14.4 Å². The average molecular weight is 521 g/mol. The summed E-state index contributed by atoms with van der Waals surface area (Å²) < 4.78 is 10.7. The molecule has 0 radical (unpaired) electrons. The van der Waals surface area contributed by atoms with Crippen LogP contribution in [-0.2, 0) is 30.3 Å². The van der Waals surface area contributed by atoms with Crippen LogP contribution in [0.25, 0.3) is 0 Å². The van der Waals surface area contributed by atoms with E-state index in [1.807, 2.05) is 32.9 Å². The molecule has 1 aliphatic rings. The van der Waals surface area contributed by atoms with Gasteiger partial charge in [-0.05, 0) is 42.9 Å². The molecule has 200 valence electrons. The lowest BCUT2D eigenvalue weighted by atomic mass is 9.94. The molecule has 1 saturated carbocycles. The van der Waals surface area contributed by atoms with Crippen LogP contribution in [0.15, 0.2) is 24.3 Å². The Balaban J connectivity index is 2.23. The molecular formula is C27H40N2O6S. The van der Waals surface area contributed by atoms with E-state index < -0.39 is 28.7 Å². The molecule has 2 N–H and O–H groups in total. The van der Waals surface area contributed by atoms with Gasteiger partial charge >= 0.3 is 5.97 Å². The fourth-order valence-corrected chi connectivity index (χ4v) is 5.07. The van der Waals surface area contributed by atoms with Crippen molar-refractivity contribution in [1.29, 1.82) is 0 Å². The molecule has 0 aliphatic heterocycles. The second-order valence-corrected chi connectivity index (χ2v) is 11.0. The van der Waals surface area contributed by atoms with E-state index in [0.29, 0.717) is 18.6 Å². The second-order valence-electron chi connectivity index (χ2n) is 9.65. The van der Waals surface area contributed by atoms with Crippen molar-refractivity contribution in [1.82, 2.24) is 10.6 Å². The topological polar surface area (TPSA) is 111 Å². The van der Waals surface area contributed by atoms with Crippen molar-refractivity contribution in [3.8, 4) is 5.75 Å². The maximum absolute atomic E-state index is 13.6. The Morgan fingerprint density at radius 2 is 1.72 bits per heavy atom. The van der Waals surface area contributed by atoms with Gasteiger partial charge in [-0.25, -0.2) is 4.79 Å². The van der Waals surface area contributed by atoms with Gasteiger partial charge in [0.05, 0.1) is 19.0 Å². The molecule has 1 aromatic carbocycles. The maximum atomic E-state index is 13.6. The van der Waals surface area contributed by atoms with Gasteiger partial charge < -0.3 is 20.1 Å². The van der Waals surface area contributed by atoms with Crippen LogP contribution in [0.2, 0.25) is 0 Å². The van der Waals surface area contributed by atoms with Crippen molar-refractivity contribution in [3.05, 3.63) is 29.8 Å². The third-order valence-electron chi connectivity index (χ3n) is 6.34. The van der Waals surface area contributed by atoms with Gasteiger partial charge in [0.1, 0.15) is 17.3 Å². The first kappa shape index (κ1) is 29.7. The summed E-state index contributed by atoms with van der Waals surface area (Å²) in [6, 6.07) is 6.39. The SMILES string of the molecule is CCCCOC(=O)[C@H](Cc1ccc(OC)cc1)NC(=O)C1(NC(=O)[C@H](SC(C)=O)C(C)C)CCCC1. The minimum Gasteiger partial charge on any atom is -0.497 e. The van der Waals surface area contributed by atoms with Crippen LogP contribution >= 0.6 is 11.8 Å². The molecule has 0 heterocycles. The predicted molar refractivity (Wildman–Crippen MR) is 141 cm³/mol. The smallest absolute Gasteiger partial charge is 0.328 e. The molecule has 1 aliphatic carbocycles. The predicted octanol–water partition coefficient (Wildman–Crippen LogP) is 3.80. The summed E-state index contributed by atoms with van der Waals surface area (Å²) in [5, 5.41) is 5.10. The van der Waals surface area contributed by atoms with E-state index in [1.165, 1.54) is 6.92 Å². The second kappa shape index (κ2) is 14.3. The summed E-state index contributed by atoms with van der Waals surface area (Å²) in [5.74, 6) is -0.620. The van der Waals surface area contributed by atoms with Gasteiger partial charge in [0.2, 0.25) is 11.8 Å². The number of thioether (sulfide) groups is 1. The lowest BCUT2D eigenvalue weighted by Gasteiger charge is -2.33. The molecule has 2 atom stereocenters. The van der Waals surface area contributed by atoms with Crippen LogP contribution in [0.1, 0.15) is 71.8 Å². The van der Waals surface area contributed by atoms with Crippen molar-refractivity contribution in [2.45, 2.75) is 89.5 Å². The number of benzene rings is 1. The van der Waals surface area contributed by atoms with Crippen molar-refractivity contribution in [3.63, 3.8) is 0 Å². The van der Waals surface area contributed by atoms with E-state index in [9.17, 15) is 19.2 Å². The highest BCUT2D eigenvalue weighted by atomic mass is 32.2. The number of unbranched alkanes of at least 4 members (excludes halogenated alkanes) is 1. The van der Waals surface area contributed by atoms with E-state index in [1.54, 1.807) is 19.2 Å². The molecule has 2 amide bonds. The molecule has 0 aromatic heterocycles. The highest BCUT2D eigenvalue weighted by molar-refractivity contribution is 8.14. The Morgan fingerprint density at radius 3 is 2.25 bits per heavy atom. The van der Waals surface area contributed by atoms with Crippen LogP contribution in [0.5, 0.6) is 5.75 Å². The lowest BCUT2D eigenvalue weighted by molar-refractivity contribution is -0.149. The van der Waals surface area contributed by atoms with Gasteiger partial charge in [0, 0.05) is 13.3 Å². The minimum atomic E-state index is -1.12. The van der Waals surface area contributed by atoms with Crippen LogP contribution < -0.4 is 15.4 Å². The summed E-state index contributed by atoms with van der Waals surface area (Å²) in [7, 11) is 1.58. The fourth-order valence-electron chi connectivity index (χ4n) is 4.27. The number of rotatable bonds is 13. The monoisotopic (exact) mass is 520 g/mol. The Bertz CT molecular complexity index is 896. The number of amides is 2. The van der Waals surface area contributed by atoms with Gasteiger partial charge in [0.15, 0.2) is 5.12 Å². The van der Waals surface area contributed by atoms with Crippen LogP contribution in [0.4, 0.5) is 0 Å². The molecule has 9 heteroatoms. The molecule has 1 fully saturated rings. The van der Waals surface area contributed by atoms with Crippen LogP contribution in [0, 0.1) is 5.92 Å². The van der Waals surface area contributed by atoms with Crippen molar-refractivity contribution in [2.75, 3.05) is 13.7 Å². The number of esters is 1. The first-order chi connectivity index (χ1) is 17.1. The molecule has 0 bridgehead atoms. The van der Waals surface area contributed by atoms with Crippen molar-refractivity contribution >= 4 is 34.7 Å². The number of carbonyl (C=O) groups excluding carboxylic acids is 4. The third kappa shape index (κ3) is 8.54. The molecule has 36 heavy (non-hydrogen) atoms. The summed E-state index contributed by atoms with van der Waals surface area (Å²) in [6.45, 7) is 7.47. The Morgan fingerprint density at radius 1 is 1.08 bits per heavy atom. The zero-order valence-corrected chi connectivity index (χ0v) is 22.9. The third-order valence-corrected chi connectivity index (χ3v) is 7.69. The standard InChI is InChI=1S/C27H40N2O6S/c1-6-7-16-35-25(32)22(17-20-10-12-21(34-5)13-11-20)28-26(33)27(14-8-9-15-27)29-24(31)23(18(2)3)36-19(4)30/h10-13,18,22-23H,6-9,14-17H2,1-5H3,(H,28,33)(H,29,31)/t22-,23+/m0/s1. The number of hydrogen-bond donors (Lipinski definition) is 2. The number of nitrogens with one attached hydrogen (secondary N) is 2. The van der Waals surface area contributed by atoms with Gasteiger partial charge in [-0.15, -0.1) is 0 Å². The Kier molecular flexibility index (Phi) is 11.8. The molecule has 0 spiro atoms. The number of methoxy groups -OCH3 is 1. The van der Waals surface area contributed by atoms with E-state index in [4.69, 9.17) is 9.47 Å². The van der Waals surface area contributed by atoms with E-state index in [2.05, 4.69) is 10.6 Å². The summed E-state index contributed by atoms with van der Waals surface area (Å²) >= 11 is 0.977. The van der Waals surface area contributed by atoms with Gasteiger partial charge in [-0.1, -0.05) is 63.9 Å². The Labute approximate surface area is 218 Å². The highest BCUT2D eigenvalue weighted by Crippen LogP contribution is 2.32. The van der Waals surface area contributed by atoms with E-state index in [-0.39, 0.29) is 30.0 Å². The summed E-state index contributed by atoms with van der Waals surface area (Å²) in [6.07, 6.45) is 4.38. The summed E-state index contributed by atoms with van der Waals surface area (Å²) in [5.41, 5.74) is -0.278. The molecule has 1 aromatic rings. The van der Waals surface area contributed by atoms with Crippen LogP contribution in [-0.4, -0.2) is 53.4 Å². The lowest BCUT2D eigenvalue weighted by Crippen LogP contribution is -2.61.